The molecule has 20 heavy (non-hydrogen) atoms. The van der Waals surface area contributed by atoms with Gasteiger partial charge in [0.05, 0.1) is 14.2 Å². The Morgan fingerprint density at radius 1 is 1.20 bits per heavy atom. The third-order valence-corrected chi connectivity index (χ3v) is 3.42. The Bertz CT molecular complexity index is 500. The molecule has 0 radical (unpaired) electrons. The maximum absolute atomic E-state index is 12.1. The second kappa shape index (κ2) is 6.03. The van der Waals surface area contributed by atoms with Crippen molar-refractivity contribution in [3.63, 3.8) is 0 Å². The third-order valence-electron chi connectivity index (χ3n) is 3.42. The number of fused-ring (bicyclic) bond motifs is 1. The van der Waals surface area contributed by atoms with Crippen LogP contribution in [-0.2, 0) is 13.0 Å². The van der Waals surface area contributed by atoms with Crippen LogP contribution in [0.4, 0.5) is 4.79 Å². The number of nitrogens with one attached hydrogen (secondary N) is 1. The van der Waals surface area contributed by atoms with E-state index < -0.39 is 0 Å². The molecule has 1 N–H and O–H groups in total. The summed E-state index contributed by atoms with van der Waals surface area (Å²) in [5, 5.41) is 2.93. The number of hydrogen-bond acceptors (Lipinski definition) is 3. The summed E-state index contributed by atoms with van der Waals surface area (Å²) in [5.41, 5.74) is 2.34. The number of amides is 2. The molecule has 0 fully saturated rings. The summed E-state index contributed by atoms with van der Waals surface area (Å²) in [6.45, 7) is 5.25. The fourth-order valence-electron chi connectivity index (χ4n) is 2.39. The molecule has 0 atom stereocenters. The molecule has 2 amide bonds. The van der Waals surface area contributed by atoms with Gasteiger partial charge in [-0.15, -0.1) is 0 Å². The van der Waals surface area contributed by atoms with Gasteiger partial charge in [0.25, 0.3) is 0 Å². The molecule has 0 bridgehead atoms. The highest BCUT2D eigenvalue weighted by Gasteiger charge is 2.22. The lowest BCUT2D eigenvalue weighted by Gasteiger charge is -2.30. The van der Waals surface area contributed by atoms with Gasteiger partial charge in [-0.3, -0.25) is 0 Å². The molecule has 1 aromatic carbocycles. The molecule has 5 heteroatoms. The summed E-state index contributed by atoms with van der Waals surface area (Å²) in [4.78, 5) is 13.9. The van der Waals surface area contributed by atoms with E-state index in [1.165, 1.54) is 5.56 Å². The number of hydrogen-bond donors (Lipinski definition) is 1. The summed E-state index contributed by atoms with van der Waals surface area (Å²) in [6.07, 6.45) is 0.835. The number of nitrogens with zero attached hydrogens (tertiary/aromatic N) is 1. The van der Waals surface area contributed by atoms with E-state index in [-0.39, 0.29) is 12.1 Å². The number of rotatable bonds is 3. The quantitative estimate of drug-likeness (QED) is 0.922. The van der Waals surface area contributed by atoms with E-state index in [0.29, 0.717) is 12.3 Å². The van der Waals surface area contributed by atoms with Crippen molar-refractivity contribution < 1.29 is 14.3 Å². The van der Waals surface area contributed by atoms with Gasteiger partial charge >= 0.3 is 6.03 Å². The lowest BCUT2D eigenvalue weighted by molar-refractivity contribution is 0.189. The van der Waals surface area contributed by atoms with Crippen molar-refractivity contribution >= 4 is 6.03 Å². The third kappa shape index (κ3) is 2.98. The van der Waals surface area contributed by atoms with E-state index in [1.807, 2.05) is 30.9 Å². The molecular formula is C15H22N2O3. The van der Waals surface area contributed by atoms with Crippen LogP contribution in [0.25, 0.3) is 0 Å². The molecule has 110 valence electrons. The first-order valence-electron chi connectivity index (χ1n) is 6.84. The SMILES string of the molecule is COc1cc2c(cc1OC)CN(C(=O)NC(C)C)CC2. The van der Waals surface area contributed by atoms with Gasteiger partial charge in [-0.05, 0) is 43.5 Å². The zero-order valence-electron chi connectivity index (χ0n) is 12.5. The standard InChI is InChI=1S/C15H22N2O3/c1-10(2)16-15(18)17-6-5-11-7-13(19-3)14(20-4)8-12(11)9-17/h7-8,10H,5-6,9H2,1-4H3,(H,16,18). The highest BCUT2D eigenvalue weighted by Crippen LogP contribution is 2.33. The zero-order chi connectivity index (χ0) is 14.7. The Morgan fingerprint density at radius 2 is 1.80 bits per heavy atom. The lowest BCUT2D eigenvalue weighted by Crippen LogP contribution is -2.45. The van der Waals surface area contributed by atoms with Gasteiger partial charge in [-0.1, -0.05) is 0 Å². The van der Waals surface area contributed by atoms with Crippen LogP contribution in [0, 0.1) is 0 Å². The number of ether oxygens (including phenoxy) is 2. The van der Waals surface area contributed by atoms with Crippen LogP contribution in [-0.4, -0.2) is 37.7 Å². The molecule has 0 spiro atoms. The Labute approximate surface area is 119 Å². The first-order chi connectivity index (χ1) is 9.55. The molecular weight excluding hydrogens is 256 g/mol. The fourth-order valence-corrected chi connectivity index (χ4v) is 2.39. The molecule has 0 aromatic heterocycles. The minimum atomic E-state index is -0.0135. The Kier molecular flexibility index (Phi) is 4.37. The summed E-state index contributed by atoms with van der Waals surface area (Å²) < 4.78 is 10.6. The summed E-state index contributed by atoms with van der Waals surface area (Å²) in [5.74, 6) is 1.45. The van der Waals surface area contributed by atoms with Gasteiger partial charge < -0.3 is 19.7 Å². The number of benzene rings is 1. The van der Waals surface area contributed by atoms with Gasteiger partial charge in [-0.2, -0.15) is 0 Å². The van der Waals surface area contributed by atoms with E-state index in [0.717, 1.165) is 24.3 Å². The van der Waals surface area contributed by atoms with Gasteiger partial charge in [-0.25, -0.2) is 4.79 Å². The van der Waals surface area contributed by atoms with Gasteiger partial charge in [0.2, 0.25) is 0 Å². The van der Waals surface area contributed by atoms with Gasteiger partial charge in [0, 0.05) is 19.1 Å². The molecule has 1 aliphatic rings. The van der Waals surface area contributed by atoms with Crippen molar-refractivity contribution in [1.82, 2.24) is 10.2 Å². The second-order valence-corrected chi connectivity index (χ2v) is 5.25. The molecule has 0 aliphatic carbocycles. The maximum atomic E-state index is 12.1. The van der Waals surface area contributed by atoms with E-state index in [9.17, 15) is 4.79 Å². The number of carbonyl (C=O) groups is 1. The Balaban J connectivity index is 2.19. The van der Waals surface area contributed by atoms with E-state index in [4.69, 9.17) is 9.47 Å². The normalized spacial score (nSPS) is 13.9. The van der Waals surface area contributed by atoms with E-state index >= 15 is 0 Å². The second-order valence-electron chi connectivity index (χ2n) is 5.25. The van der Waals surface area contributed by atoms with Crippen LogP contribution < -0.4 is 14.8 Å². The van der Waals surface area contributed by atoms with Crippen molar-refractivity contribution in [2.45, 2.75) is 32.9 Å². The molecule has 1 heterocycles. The van der Waals surface area contributed by atoms with Crippen molar-refractivity contribution in [3.8, 4) is 11.5 Å². The van der Waals surface area contributed by atoms with E-state index in [1.54, 1.807) is 14.2 Å². The Morgan fingerprint density at radius 3 is 2.35 bits per heavy atom. The maximum Gasteiger partial charge on any atom is 0.317 e. The first kappa shape index (κ1) is 14.5. The molecule has 0 saturated heterocycles. The highest BCUT2D eigenvalue weighted by molar-refractivity contribution is 5.75. The molecule has 2 rings (SSSR count). The first-order valence-corrected chi connectivity index (χ1v) is 6.84. The monoisotopic (exact) mass is 278 g/mol. The fraction of sp³-hybridized carbons (Fsp3) is 0.533. The van der Waals surface area contributed by atoms with Gasteiger partial charge in [0.1, 0.15) is 0 Å². The topological polar surface area (TPSA) is 50.8 Å². The van der Waals surface area contributed by atoms with E-state index in [2.05, 4.69) is 5.32 Å². The van der Waals surface area contributed by atoms with Gasteiger partial charge in [0.15, 0.2) is 11.5 Å². The average Bonchev–Trinajstić information content (AvgIpc) is 2.44. The predicted molar refractivity (Wildman–Crippen MR) is 77.3 cm³/mol. The van der Waals surface area contributed by atoms with Crippen LogP contribution in [0.15, 0.2) is 12.1 Å². The number of methoxy groups -OCH3 is 2. The van der Waals surface area contributed by atoms with Crippen LogP contribution in [0.2, 0.25) is 0 Å². The summed E-state index contributed by atoms with van der Waals surface area (Å²) >= 11 is 0. The molecule has 0 unspecified atom stereocenters. The molecule has 0 saturated carbocycles. The summed E-state index contributed by atoms with van der Waals surface area (Å²) in [7, 11) is 3.26. The van der Waals surface area contributed by atoms with Crippen molar-refractivity contribution in [2.24, 2.45) is 0 Å². The minimum absolute atomic E-state index is 0.0135. The van der Waals surface area contributed by atoms with Crippen LogP contribution >= 0.6 is 0 Å². The highest BCUT2D eigenvalue weighted by atomic mass is 16.5. The zero-order valence-corrected chi connectivity index (χ0v) is 12.5. The average molecular weight is 278 g/mol. The van der Waals surface area contributed by atoms with Crippen LogP contribution in [0.1, 0.15) is 25.0 Å². The smallest absolute Gasteiger partial charge is 0.317 e. The largest absolute Gasteiger partial charge is 0.493 e. The predicted octanol–water partition coefficient (Wildman–Crippen LogP) is 2.18. The van der Waals surface area contributed by atoms with Crippen LogP contribution in [0.3, 0.4) is 0 Å². The molecule has 5 nitrogen and oxygen atoms in total. The number of carbonyl (C=O) groups excluding carboxylic acids is 1. The molecule has 1 aliphatic heterocycles. The Hall–Kier alpha value is -1.91. The lowest BCUT2D eigenvalue weighted by atomic mass is 9.99. The molecule has 1 aromatic rings. The number of urea groups is 1. The van der Waals surface area contributed by atoms with Crippen molar-refractivity contribution in [3.05, 3.63) is 23.3 Å². The van der Waals surface area contributed by atoms with Crippen LogP contribution in [0.5, 0.6) is 11.5 Å². The summed E-state index contributed by atoms with van der Waals surface area (Å²) in [6, 6.07) is 4.10. The van der Waals surface area contributed by atoms with Crippen molar-refractivity contribution in [1.29, 1.82) is 0 Å². The minimum Gasteiger partial charge on any atom is -0.493 e. The van der Waals surface area contributed by atoms with Crippen molar-refractivity contribution in [2.75, 3.05) is 20.8 Å².